The maximum atomic E-state index is 5.96. The molecule has 0 aliphatic heterocycles. The van der Waals surface area contributed by atoms with Gasteiger partial charge < -0.3 is 0 Å². The molecule has 0 aliphatic rings. The number of hydrogen-bond donors (Lipinski definition) is 0. The Labute approximate surface area is 79.9 Å². The Morgan fingerprint density at radius 2 is 1.73 bits per heavy atom. The Morgan fingerprint density at radius 3 is 2.00 bits per heavy atom. The molecule has 60 valence electrons. The summed E-state index contributed by atoms with van der Waals surface area (Å²) in [5.74, 6) is 0. The molecule has 0 N–H and O–H groups in total. The first kappa shape index (κ1) is 9.11. The van der Waals surface area contributed by atoms with E-state index in [0.717, 1.165) is 25.9 Å². The molecule has 0 spiro atoms. The maximum Gasteiger partial charge on any atom is 0.0452 e. The Kier molecular flexibility index (Phi) is 2.99. The lowest BCUT2D eigenvalue weighted by molar-refractivity contribution is 1.08. The van der Waals surface area contributed by atoms with Crippen molar-refractivity contribution in [2.45, 2.75) is 12.5 Å². The number of halogens is 2. The van der Waals surface area contributed by atoms with Crippen LogP contribution >= 0.6 is 23.2 Å². The lowest BCUT2D eigenvalue weighted by Gasteiger charge is -2.09. The van der Waals surface area contributed by atoms with Crippen LogP contribution in [-0.4, -0.2) is 10.2 Å². The van der Waals surface area contributed by atoms with E-state index in [1.54, 1.807) is 0 Å². The van der Waals surface area contributed by atoms with Crippen LogP contribution in [0.4, 0.5) is 0 Å². The minimum Gasteiger partial charge on any atom is -0.0840 e. The summed E-state index contributed by atoms with van der Waals surface area (Å²) in [7, 11) is 1.08. The summed E-state index contributed by atoms with van der Waals surface area (Å²) in [4.78, 5) is 0. The summed E-state index contributed by atoms with van der Waals surface area (Å²) in [5, 5.41) is 1.58. The van der Waals surface area contributed by atoms with Gasteiger partial charge in [0.15, 0.2) is 0 Å². The molecular formula is C8H10Cl2Si. The molecule has 0 saturated heterocycles. The van der Waals surface area contributed by atoms with Gasteiger partial charge in [-0.25, -0.2) is 0 Å². The molecule has 3 heteroatoms. The van der Waals surface area contributed by atoms with Gasteiger partial charge in [0.1, 0.15) is 0 Å². The van der Waals surface area contributed by atoms with E-state index in [1.165, 1.54) is 0 Å². The molecule has 1 unspecified atom stereocenters. The lowest BCUT2D eigenvalue weighted by Crippen LogP contribution is -1.93. The van der Waals surface area contributed by atoms with Crippen molar-refractivity contribution in [3.63, 3.8) is 0 Å². The van der Waals surface area contributed by atoms with Crippen LogP contribution < -0.4 is 0 Å². The molecule has 0 radical (unpaired) electrons. The van der Waals surface area contributed by atoms with Gasteiger partial charge in [0, 0.05) is 20.3 Å². The molecule has 0 bridgehead atoms. The van der Waals surface area contributed by atoms with E-state index in [9.17, 15) is 0 Å². The maximum absolute atomic E-state index is 5.96. The third-order valence-corrected chi connectivity index (χ3v) is 2.81. The lowest BCUT2D eigenvalue weighted by atomic mass is 10.1. The SMILES string of the molecule is CC([SiH3])c1c(Cl)cccc1Cl. The second kappa shape index (κ2) is 3.61. The van der Waals surface area contributed by atoms with E-state index in [2.05, 4.69) is 6.92 Å². The van der Waals surface area contributed by atoms with Crippen molar-refractivity contribution in [2.75, 3.05) is 0 Å². The normalized spacial score (nSPS) is 13.4. The summed E-state index contributed by atoms with van der Waals surface area (Å²) < 4.78 is 0. The molecule has 0 aromatic heterocycles. The van der Waals surface area contributed by atoms with Crippen LogP contribution in [0.15, 0.2) is 18.2 Å². The summed E-state index contributed by atoms with van der Waals surface area (Å²) in [5.41, 5.74) is 1.62. The standard InChI is InChI=1S/C8H10Cl2Si/c1-5(11)8-6(9)3-2-4-7(8)10/h2-5H,1,11H3. The van der Waals surface area contributed by atoms with Crippen LogP contribution in [0.5, 0.6) is 0 Å². The number of rotatable bonds is 1. The van der Waals surface area contributed by atoms with Crippen molar-refractivity contribution >= 4 is 33.4 Å². The highest BCUT2D eigenvalue weighted by molar-refractivity contribution is 6.37. The van der Waals surface area contributed by atoms with Crippen molar-refractivity contribution < 1.29 is 0 Å². The van der Waals surface area contributed by atoms with Gasteiger partial charge in [0.25, 0.3) is 0 Å². The molecule has 0 heterocycles. The van der Waals surface area contributed by atoms with Crippen LogP contribution in [0, 0.1) is 0 Å². The van der Waals surface area contributed by atoms with Crippen LogP contribution in [-0.2, 0) is 0 Å². The van der Waals surface area contributed by atoms with E-state index < -0.39 is 0 Å². The third-order valence-electron chi connectivity index (χ3n) is 1.58. The Morgan fingerprint density at radius 1 is 1.27 bits per heavy atom. The minimum atomic E-state index is 0.524. The van der Waals surface area contributed by atoms with Gasteiger partial charge in [-0.15, -0.1) is 0 Å². The summed E-state index contributed by atoms with van der Waals surface area (Å²) in [6.07, 6.45) is 0. The van der Waals surface area contributed by atoms with E-state index in [1.807, 2.05) is 18.2 Å². The first-order valence-corrected chi connectivity index (χ1v) is 5.48. The first-order chi connectivity index (χ1) is 5.13. The van der Waals surface area contributed by atoms with E-state index in [-0.39, 0.29) is 0 Å². The molecule has 1 rings (SSSR count). The predicted molar refractivity (Wildman–Crippen MR) is 54.8 cm³/mol. The molecule has 11 heavy (non-hydrogen) atoms. The van der Waals surface area contributed by atoms with Gasteiger partial charge in [-0.3, -0.25) is 0 Å². The topological polar surface area (TPSA) is 0 Å². The van der Waals surface area contributed by atoms with Crippen LogP contribution in [0.1, 0.15) is 18.0 Å². The fraction of sp³-hybridized carbons (Fsp3) is 0.250. The molecule has 1 aromatic rings. The number of hydrogen-bond acceptors (Lipinski definition) is 0. The summed E-state index contributed by atoms with van der Waals surface area (Å²) >= 11 is 11.9. The van der Waals surface area contributed by atoms with E-state index >= 15 is 0 Å². The monoisotopic (exact) mass is 204 g/mol. The predicted octanol–water partition coefficient (Wildman–Crippen LogP) is 2.42. The Hall–Kier alpha value is 0.0169. The fourth-order valence-electron chi connectivity index (χ4n) is 1.06. The third kappa shape index (κ3) is 1.98. The van der Waals surface area contributed by atoms with Gasteiger partial charge in [-0.05, 0) is 23.2 Å². The highest BCUT2D eigenvalue weighted by Crippen LogP contribution is 2.29. The molecule has 0 aliphatic carbocycles. The van der Waals surface area contributed by atoms with Crippen LogP contribution in [0.2, 0.25) is 10.0 Å². The Bertz CT molecular complexity index is 238. The fourth-order valence-corrected chi connectivity index (χ4v) is 2.88. The molecule has 0 nitrogen and oxygen atoms in total. The molecule has 0 amide bonds. The average molecular weight is 205 g/mol. The Balaban J connectivity index is 3.21. The van der Waals surface area contributed by atoms with E-state index in [0.29, 0.717) is 5.54 Å². The summed E-state index contributed by atoms with van der Waals surface area (Å²) in [6, 6.07) is 5.65. The van der Waals surface area contributed by atoms with Gasteiger partial charge in [0.2, 0.25) is 0 Å². The quantitative estimate of drug-likeness (QED) is 0.617. The highest BCUT2D eigenvalue weighted by atomic mass is 35.5. The molecule has 1 aromatic carbocycles. The van der Waals surface area contributed by atoms with Crippen molar-refractivity contribution in [1.29, 1.82) is 0 Å². The zero-order chi connectivity index (χ0) is 8.43. The molecule has 0 fully saturated rings. The van der Waals surface area contributed by atoms with E-state index in [4.69, 9.17) is 23.2 Å². The van der Waals surface area contributed by atoms with Crippen molar-refractivity contribution in [3.8, 4) is 0 Å². The second-order valence-corrected chi connectivity index (χ2v) is 5.34. The van der Waals surface area contributed by atoms with Crippen molar-refractivity contribution in [3.05, 3.63) is 33.8 Å². The first-order valence-electron chi connectivity index (χ1n) is 3.57. The summed E-state index contributed by atoms with van der Waals surface area (Å²) in [6.45, 7) is 2.14. The van der Waals surface area contributed by atoms with Gasteiger partial charge in [-0.1, -0.05) is 36.2 Å². The highest BCUT2D eigenvalue weighted by Gasteiger charge is 2.07. The molecule has 1 atom stereocenters. The second-order valence-electron chi connectivity index (χ2n) is 2.79. The number of benzene rings is 1. The smallest absolute Gasteiger partial charge is 0.0452 e. The van der Waals surface area contributed by atoms with Crippen molar-refractivity contribution in [2.24, 2.45) is 0 Å². The largest absolute Gasteiger partial charge is 0.0840 e. The van der Waals surface area contributed by atoms with Gasteiger partial charge >= 0.3 is 0 Å². The zero-order valence-electron chi connectivity index (χ0n) is 6.57. The van der Waals surface area contributed by atoms with Crippen LogP contribution in [0.25, 0.3) is 0 Å². The molecule has 0 saturated carbocycles. The van der Waals surface area contributed by atoms with Crippen molar-refractivity contribution in [1.82, 2.24) is 0 Å². The minimum absolute atomic E-state index is 0.524. The van der Waals surface area contributed by atoms with Gasteiger partial charge in [0.05, 0.1) is 0 Å². The van der Waals surface area contributed by atoms with Crippen LogP contribution in [0.3, 0.4) is 0 Å². The van der Waals surface area contributed by atoms with Gasteiger partial charge in [-0.2, -0.15) is 0 Å². The molecular weight excluding hydrogens is 195 g/mol. The zero-order valence-corrected chi connectivity index (χ0v) is 10.1. The average Bonchev–Trinajstić information content (AvgIpc) is 1.85.